The lowest BCUT2D eigenvalue weighted by Gasteiger charge is -2.23. The third-order valence-electron chi connectivity index (χ3n) is 4.93. The van der Waals surface area contributed by atoms with Gasteiger partial charge in [-0.15, -0.1) is 0 Å². The SMILES string of the molecule is Cc1cc(NC(=O)Cn2ccc(-c3ncnn3C)n2)n(C2CCCCC2)n1. The van der Waals surface area contributed by atoms with Gasteiger partial charge in [0.15, 0.2) is 5.82 Å². The molecule has 0 unspecified atom stereocenters. The highest BCUT2D eigenvalue weighted by Crippen LogP contribution is 2.30. The van der Waals surface area contributed by atoms with E-state index in [4.69, 9.17) is 0 Å². The van der Waals surface area contributed by atoms with Gasteiger partial charge in [-0.2, -0.15) is 15.3 Å². The normalized spacial score (nSPS) is 15.2. The summed E-state index contributed by atoms with van der Waals surface area (Å²) in [6, 6.07) is 4.13. The van der Waals surface area contributed by atoms with Crippen LogP contribution >= 0.6 is 0 Å². The quantitative estimate of drug-likeness (QED) is 0.746. The topological polar surface area (TPSA) is 95.5 Å². The molecule has 1 aliphatic carbocycles. The standard InChI is InChI=1S/C18H24N8O/c1-13-10-16(26(22-13)14-6-4-3-5-7-14)21-17(27)11-25-9-8-15(23-25)18-19-12-20-24(18)2/h8-10,12,14H,3-7,11H2,1-2H3,(H,21,27). The van der Waals surface area contributed by atoms with Gasteiger partial charge in [0.1, 0.15) is 24.4 Å². The van der Waals surface area contributed by atoms with Gasteiger partial charge in [-0.05, 0) is 25.8 Å². The van der Waals surface area contributed by atoms with Gasteiger partial charge in [0.05, 0.1) is 11.7 Å². The molecule has 1 aliphatic rings. The van der Waals surface area contributed by atoms with Crippen molar-refractivity contribution in [3.63, 3.8) is 0 Å². The molecule has 0 aliphatic heterocycles. The molecule has 9 nitrogen and oxygen atoms in total. The van der Waals surface area contributed by atoms with Crippen LogP contribution < -0.4 is 5.32 Å². The molecule has 142 valence electrons. The fourth-order valence-electron chi connectivity index (χ4n) is 3.64. The van der Waals surface area contributed by atoms with Crippen LogP contribution in [-0.4, -0.2) is 40.2 Å². The van der Waals surface area contributed by atoms with Gasteiger partial charge < -0.3 is 5.32 Å². The largest absolute Gasteiger partial charge is 0.309 e. The molecule has 1 fully saturated rings. The number of rotatable bonds is 5. The van der Waals surface area contributed by atoms with Crippen LogP contribution in [0.2, 0.25) is 0 Å². The Kier molecular flexibility index (Phi) is 4.74. The summed E-state index contributed by atoms with van der Waals surface area (Å²) in [6.45, 7) is 2.09. The minimum absolute atomic E-state index is 0.125. The second-order valence-electron chi connectivity index (χ2n) is 7.06. The van der Waals surface area contributed by atoms with Crippen molar-refractivity contribution in [3.05, 3.63) is 30.4 Å². The number of amides is 1. The molecule has 9 heteroatoms. The predicted octanol–water partition coefficient (Wildman–Crippen LogP) is 2.33. The van der Waals surface area contributed by atoms with Crippen molar-refractivity contribution in [2.75, 3.05) is 5.32 Å². The van der Waals surface area contributed by atoms with Crippen molar-refractivity contribution in [1.82, 2.24) is 34.3 Å². The lowest BCUT2D eigenvalue weighted by atomic mass is 9.96. The fraction of sp³-hybridized carbons (Fsp3) is 0.500. The zero-order valence-electron chi connectivity index (χ0n) is 15.7. The number of nitrogens with zero attached hydrogens (tertiary/aromatic N) is 7. The Morgan fingerprint density at radius 1 is 1.26 bits per heavy atom. The Hall–Kier alpha value is -2.97. The summed E-state index contributed by atoms with van der Waals surface area (Å²) in [5, 5.41) is 16.1. The number of hydrogen-bond donors (Lipinski definition) is 1. The lowest BCUT2D eigenvalue weighted by molar-refractivity contribution is -0.117. The Bertz CT molecular complexity index is 931. The summed E-state index contributed by atoms with van der Waals surface area (Å²) < 4.78 is 5.24. The van der Waals surface area contributed by atoms with Gasteiger partial charge in [-0.3, -0.25) is 9.48 Å². The average Bonchev–Trinajstić information content (AvgIpc) is 3.36. The second-order valence-corrected chi connectivity index (χ2v) is 7.06. The van der Waals surface area contributed by atoms with Crippen molar-refractivity contribution >= 4 is 11.7 Å². The predicted molar refractivity (Wildman–Crippen MR) is 99.9 cm³/mol. The number of aryl methyl sites for hydroxylation is 2. The summed E-state index contributed by atoms with van der Waals surface area (Å²) in [5.41, 5.74) is 1.60. The summed E-state index contributed by atoms with van der Waals surface area (Å²) >= 11 is 0. The van der Waals surface area contributed by atoms with Gasteiger partial charge in [0.25, 0.3) is 0 Å². The highest BCUT2D eigenvalue weighted by atomic mass is 16.2. The molecule has 27 heavy (non-hydrogen) atoms. The molecule has 1 amide bonds. The summed E-state index contributed by atoms with van der Waals surface area (Å²) in [7, 11) is 1.81. The maximum atomic E-state index is 12.5. The third-order valence-corrected chi connectivity index (χ3v) is 4.93. The van der Waals surface area contributed by atoms with E-state index in [1.807, 2.05) is 30.8 Å². The highest BCUT2D eigenvalue weighted by molar-refractivity contribution is 5.89. The van der Waals surface area contributed by atoms with E-state index in [9.17, 15) is 4.79 Å². The highest BCUT2D eigenvalue weighted by Gasteiger charge is 2.20. The van der Waals surface area contributed by atoms with Crippen LogP contribution in [-0.2, 0) is 18.4 Å². The van der Waals surface area contributed by atoms with Crippen LogP contribution in [0.1, 0.15) is 43.8 Å². The van der Waals surface area contributed by atoms with Crippen molar-refractivity contribution in [3.8, 4) is 11.5 Å². The summed E-state index contributed by atoms with van der Waals surface area (Å²) in [6.07, 6.45) is 9.20. The first-order valence-corrected chi connectivity index (χ1v) is 9.34. The Balaban J connectivity index is 1.44. The number of anilines is 1. The minimum Gasteiger partial charge on any atom is -0.309 e. The molecule has 0 radical (unpaired) electrons. The van der Waals surface area contributed by atoms with Crippen molar-refractivity contribution in [2.24, 2.45) is 7.05 Å². The molecule has 4 rings (SSSR count). The minimum atomic E-state index is -0.125. The Morgan fingerprint density at radius 2 is 2.07 bits per heavy atom. The third kappa shape index (κ3) is 3.76. The maximum Gasteiger partial charge on any atom is 0.247 e. The van der Waals surface area contributed by atoms with E-state index >= 15 is 0 Å². The van der Waals surface area contributed by atoms with E-state index in [2.05, 4.69) is 25.6 Å². The monoisotopic (exact) mass is 368 g/mol. The van der Waals surface area contributed by atoms with Crippen LogP contribution in [0, 0.1) is 6.92 Å². The van der Waals surface area contributed by atoms with E-state index in [1.165, 1.54) is 25.6 Å². The number of nitrogens with one attached hydrogen (secondary N) is 1. The second kappa shape index (κ2) is 7.34. The number of carbonyl (C=O) groups excluding carboxylic acids is 1. The molecule has 1 saturated carbocycles. The van der Waals surface area contributed by atoms with Crippen LogP contribution in [0.4, 0.5) is 5.82 Å². The Morgan fingerprint density at radius 3 is 2.81 bits per heavy atom. The molecule has 3 aromatic heterocycles. The van der Waals surface area contributed by atoms with Crippen LogP contribution in [0.3, 0.4) is 0 Å². The first-order valence-electron chi connectivity index (χ1n) is 9.34. The fourth-order valence-corrected chi connectivity index (χ4v) is 3.64. The van der Waals surface area contributed by atoms with Gasteiger partial charge in [0, 0.05) is 19.3 Å². The van der Waals surface area contributed by atoms with Gasteiger partial charge >= 0.3 is 0 Å². The first kappa shape index (κ1) is 17.4. The molecular formula is C18H24N8O. The van der Waals surface area contributed by atoms with Crippen LogP contribution in [0.25, 0.3) is 11.5 Å². The smallest absolute Gasteiger partial charge is 0.247 e. The number of aromatic nitrogens is 7. The van der Waals surface area contributed by atoms with E-state index in [1.54, 1.807) is 15.6 Å². The first-order chi connectivity index (χ1) is 13.1. The van der Waals surface area contributed by atoms with E-state index in [-0.39, 0.29) is 12.5 Å². The zero-order chi connectivity index (χ0) is 18.8. The lowest BCUT2D eigenvalue weighted by Crippen LogP contribution is -2.23. The Labute approximate surface area is 157 Å². The van der Waals surface area contributed by atoms with Crippen LogP contribution in [0.5, 0.6) is 0 Å². The molecule has 0 bridgehead atoms. The summed E-state index contributed by atoms with van der Waals surface area (Å²) in [4.78, 5) is 16.7. The maximum absolute atomic E-state index is 12.5. The van der Waals surface area contributed by atoms with Gasteiger partial charge in [-0.1, -0.05) is 19.3 Å². The molecule has 3 aromatic rings. The molecule has 0 atom stereocenters. The molecule has 3 heterocycles. The summed E-state index contributed by atoms with van der Waals surface area (Å²) in [5.74, 6) is 1.31. The zero-order valence-corrected chi connectivity index (χ0v) is 15.7. The van der Waals surface area contributed by atoms with Gasteiger partial charge in [0.2, 0.25) is 5.91 Å². The van der Waals surface area contributed by atoms with E-state index < -0.39 is 0 Å². The molecule has 0 aromatic carbocycles. The molecule has 0 saturated heterocycles. The number of carbonyl (C=O) groups is 1. The van der Waals surface area contributed by atoms with Crippen molar-refractivity contribution < 1.29 is 4.79 Å². The van der Waals surface area contributed by atoms with Gasteiger partial charge in [-0.25, -0.2) is 14.3 Å². The van der Waals surface area contributed by atoms with E-state index in [0.717, 1.165) is 24.4 Å². The molecular weight excluding hydrogens is 344 g/mol. The average molecular weight is 368 g/mol. The van der Waals surface area contributed by atoms with E-state index in [0.29, 0.717) is 17.6 Å². The number of hydrogen-bond acceptors (Lipinski definition) is 5. The van der Waals surface area contributed by atoms with Crippen molar-refractivity contribution in [2.45, 2.75) is 51.6 Å². The van der Waals surface area contributed by atoms with Crippen molar-refractivity contribution in [1.29, 1.82) is 0 Å². The molecule has 1 N–H and O–H groups in total. The van der Waals surface area contributed by atoms with Crippen LogP contribution in [0.15, 0.2) is 24.7 Å². The molecule has 0 spiro atoms.